The zero-order valence-electron chi connectivity index (χ0n) is 12.4. The number of imide groups is 1. The molecular formula is C16H18N4O2. The van der Waals surface area contributed by atoms with Crippen molar-refractivity contribution in [1.29, 1.82) is 0 Å². The second kappa shape index (κ2) is 6.11. The van der Waals surface area contributed by atoms with Crippen molar-refractivity contribution in [3.05, 3.63) is 48.0 Å². The molecule has 1 aromatic heterocycles. The van der Waals surface area contributed by atoms with Crippen molar-refractivity contribution in [2.45, 2.75) is 25.8 Å². The Hall–Kier alpha value is -2.47. The van der Waals surface area contributed by atoms with E-state index in [4.69, 9.17) is 0 Å². The molecule has 1 aliphatic heterocycles. The Morgan fingerprint density at radius 2 is 2.09 bits per heavy atom. The highest BCUT2D eigenvalue weighted by atomic mass is 16.2. The molecule has 1 atom stereocenters. The van der Waals surface area contributed by atoms with Crippen LogP contribution < -0.4 is 10.2 Å². The Bertz CT molecular complexity index is 664. The smallest absolute Gasteiger partial charge is 0.251 e. The highest BCUT2D eigenvalue weighted by Crippen LogP contribution is 2.23. The van der Waals surface area contributed by atoms with E-state index < -0.39 is 6.04 Å². The van der Waals surface area contributed by atoms with Gasteiger partial charge in [0.15, 0.2) is 0 Å². The van der Waals surface area contributed by atoms with Crippen molar-refractivity contribution in [3.8, 4) is 0 Å². The van der Waals surface area contributed by atoms with Crippen LogP contribution in [0.2, 0.25) is 0 Å². The van der Waals surface area contributed by atoms with Gasteiger partial charge in [0.2, 0.25) is 5.91 Å². The summed E-state index contributed by atoms with van der Waals surface area (Å²) in [6.07, 6.45) is 4.32. The number of amides is 2. The van der Waals surface area contributed by atoms with Gasteiger partial charge in [0, 0.05) is 24.9 Å². The molecule has 2 heterocycles. The molecule has 0 radical (unpaired) electrons. The molecule has 0 saturated carbocycles. The molecule has 114 valence electrons. The van der Waals surface area contributed by atoms with Crippen LogP contribution in [0.1, 0.15) is 17.7 Å². The minimum atomic E-state index is -0.447. The third kappa shape index (κ3) is 2.92. The molecule has 1 aromatic carbocycles. The van der Waals surface area contributed by atoms with Gasteiger partial charge in [0.25, 0.3) is 5.91 Å². The first-order valence-electron chi connectivity index (χ1n) is 7.29. The maximum atomic E-state index is 12.4. The lowest BCUT2D eigenvalue weighted by Crippen LogP contribution is -2.39. The number of carbonyl (C=O) groups is 2. The average molecular weight is 298 g/mol. The van der Waals surface area contributed by atoms with E-state index >= 15 is 0 Å². The van der Waals surface area contributed by atoms with Crippen molar-refractivity contribution in [2.75, 3.05) is 11.4 Å². The van der Waals surface area contributed by atoms with E-state index in [1.807, 2.05) is 19.1 Å². The normalized spacial score (nSPS) is 18.2. The fourth-order valence-corrected chi connectivity index (χ4v) is 2.56. The summed E-state index contributed by atoms with van der Waals surface area (Å²) in [4.78, 5) is 32.8. The summed E-state index contributed by atoms with van der Waals surface area (Å²) < 4.78 is 0. The maximum absolute atomic E-state index is 12.4. The number of aromatic nitrogens is 2. The first kappa shape index (κ1) is 14.5. The van der Waals surface area contributed by atoms with Crippen LogP contribution >= 0.6 is 0 Å². The summed E-state index contributed by atoms with van der Waals surface area (Å²) >= 11 is 0. The molecular weight excluding hydrogens is 280 g/mol. The predicted octanol–water partition coefficient (Wildman–Crippen LogP) is 1.18. The Morgan fingerprint density at radius 1 is 1.32 bits per heavy atom. The number of nitrogens with one attached hydrogen (secondary N) is 2. The van der Waals surface area contributed by atoms with Crippen molar-refractivity contribution >= 4 is 17.5 Å². The van der Waals surface area contributed by atoms with Gasteiger partial charge in [-0.15, -0.1) is 0 Å². The number of hydrogen-bond donors (Lipinski definition) is 2. The quantitative estimate of drug-likeness (QED) is 0.813. The summed E-state index contributed by atoms with van der Waals surface area (Å²) in [6.45, 7) is 2.59. The van der Waals surface area contributed by atoms with E-state index in [1.54, 1.807) is 24.7 Å². The maximum Gasteiger partial charge on any atom is 0.251 e. The largest absolute Gasteiger partial charge is 0.348 e. The molecule has 3 rings (SSSR count). The molecule has 2 aromatic rings. The monoisotopic (exact) mass is 298 g/mol. The topological polar surface area (TPSA) is 78.1 Å². The van der Waals surface area contributed by atoms with Gasteiger partial charge in [-0.1, -0.05) is 17.7 Å². The van der Waals surface area contributed by atoms with Gasteiger partial charge in [-0.25, -0.2) is 9.88 Å². The van der Waals surface area contributed by atoms with Gasteiger partial charge in [-0.3, -0.25) is 9.59 Å². The lowest BCUT2D eigenvalue weighted by molar-refractivity contribution is -0.121. The number of carbonyl (C=O) groups excluding carboxylic acids is 2. The number of anilines is 1. The van der Waals surface area contributed by atoms with Crippen molar-refractivity contribution < 1.29 is 9.59 Å². The number of aromatic amines is 1. The molecule has 2 N–H and O–H groups in total. The summed E-state index contributed by atoms with van der Waals surface area (Å²) in [5.74, 6) is -0.341. The lowest BCUT2D eigenvalue weighted by Gasteiger charge is -2.15. The Labute approximate surface area is 128 Å². The van der Waals surface area contributed by atoms with E-state index in [0.717, 1.165) is 17.7 Å². The summed E-state index contributed by atoms with van der Waals surface area (Å²) in [5, 5.41) is 3.15. The average Bonchev–Trinajstić information content (AvgIpc) is 3.10. The number of rotatable bonds is 5. The fourth-order valence-electron chi connectivity index (χ4n) is 2.56. The summed E-state index contributed by atoms with van der Waals surface area (Å²) in [7, 11) is 0. The van der Waals surface area contributed by atoms with Crippen molar-refractivity contribution in [1.82, 2.24) is 15.3 Å². The molecule has 1 fully saturated rings. The molecule has 0 bridgehead atoms. The SMILES string of the molecule is Cc1ccc(N2C(=O)CC(NCCc3cnc[nH]3)C2=O)cc1. The molecule has 1 unspecified atom stereocenters. The fraction of sp³-hybridized carbons (Fsp3) is 0.312. The van der Waals surface area contributed by atoms with Crippen LogP contribution in [0.4, 0.5) is 5.69 Å². The van der Waals surface area contributed by atoms with Crippen LogP contribution in [0.25, 0.3) is 0 Å². The first-order valence-corrected chi connectivity index (χ1v) is 7.29. The summed E-state index contributed by atoms with van der Waals surface area (Å²) in [5.41, 5.74) is 2.73. The Kier molecular flexibility index (Phi) is 4.02. The van der Waals surface area contributed by atoms with Gasteiger partial charge in [-0.2, -0.15) is 0 Å². The third-order valence-corrected chi connectivity index (χ3v) is 3.78. The molecule has 2 amide bonds. The Balaban J connectivity index is 1.62. The number of H-pyrrole nitrogens is 1. The highest BCUT2D eigenvalue weighted by Gasteiger charge is 2.39. The molecule has 1 saturated heterocycles. The zero-order chi connectivity index (χ0) is 15.5. The number of aryl methyl sites for hydroxylation is 1. The van der Waals surface area contributed by atoms with Crippen LogP contribution in [-0.2, 0) is 16.0 Å². The van der Waals surface area contributed by atoms with Gasteiger partial charge >= 0.3 is 0 Å². The number of imidazole rings is 1. The number of hydrogen-bond acceptors (Lipinski definition) is 4. The van der Waals surface area contributed by atoms with Crippen molar-refractivity contribution in [3.63, 3.8) is 0 Å². The zero-order valence-corrected chi connectivity index (χ0v) is 12.4. The first-order chi connectivity index (χ1) is 10.6. The van der Waals surface area contributed by atoms with Gasteiger partial charge in [0.05, 0.1) is 24.5 Å². The van der Waals surface area contributed by atoms with Gasteiger partial charge in [-0.05, 0) is 19.1 Å². The van der Waals surface area contributed by atoms with Crippen LogP contribution in [-0.4, -0.2) is 34.4 Å². The number of nitrogens with zero attached hydrogens (tertiary/aromatic N) is 2. The van der Waals surface area contributed by atoms with E-state index in [2.05, 4.69) is 15.3 Å². The van der Waals surface area contributed by atoms with E-state index in [0.29, 0.717) is 12.2 Å². The highest BCUT2D eigenvalue weighted by molar-refractivity contribution is 6.22. The van der Waals surface area contributed by atoms with Gasteiger partial charge in [0.1, 0.15) is 0 Å². The third-order valence-electron chi connectivity index (χ3n) is 3.78. The Morgan fingerprint density at radius 3 is 2.77 bits per heavy atom. The minimum absolute atomic E-state index is 0.159. The summed E-state index contributed by atoms with van der Waals surface area (Å²) in [6, 6.07) is 6.96. The molecule has 0 spiro atoms. The standard InChI is InChI=1S/C16H18N4O2/c1-11-2-4-13(5-3-11)20-15(21)8-14(16(20)22)18-7-6-12-9-17-10-19-12/h2-5,9-10,14,18H,6-8H2,1H3,(H,17,19). The molecule has 1 aliphatic rings. The van der Waals surface area contributed by atoms with Crippen molar-refractivity contribution in [2.24, 2.45) is 0 Å². The van der Waals surface area contributed by atoms with Crippen LogP contribution in [0, 0.1) is 6.92 Å². The minimum Gasteiger partial charge on any atom is -0.348 e. The van der Waals surface area contributed by atoms with E-state index in [1.165, 1.54) is 4.90 Å². The van der Waals surface area contributed by atoms with Crippen LogP contribution in [0.5, 0.6) is 0 Å². The van der Waals surface area contributed by atoms with E-state index in [-0.39, 0.29) is 18.2 Å². The number of benzene rings is 1. The van der Waals surface area contributed by atoms with Crippen LogP contribution in [0.15, 0.2) is 36.8 Å². The van der Waals surface area contributed by atoms with Gasteiger partial charge < -0.3 is 10.3 Å². The second-order valence-corrected chi connectivity index (χ2v) is 5.44. The second-order valence-electron chi connectivity index (χ2n) is 5.44. The van der Waals surface area contributed by atoms with Crippen LogP contribution in [0.3, 0.4) is 0 Å². The molecule has 6 nitrogen and oxygen atoms in total. The molecule has 22 heavy (non-hydrogen) atoms. The van der Waals surface area contributed by atoms with E-state index in [9.17, 15) is 9.59 Å². The predicted molar refractivity (Wildman–Crippen MR) is 82.4 cm³/mol. The molecule has 0 aliphatic carbocycles. The lowest BCUT2D eigenvalue weighted by atomic mass is 10.2. The molecule has 6 heteroatoms.